The van der Waals surface area contributed by atoms with Crippen LogP contribution in [0.5, 0.6) is 0 Å². The van der Waals surface area contributed by atoms with Gasteiger partial charge in [0.25, 0.3) is 0 Å². The summed E-state index contributed by atoms with van der Waals surface area (Å²) in [5.41, 5.74) is 1.62. The average Bonchev–Trinajstić information content (AvgIpc) is 2.80. The number of aliphatic carboxylic acids is 1. The number of carbonyl (C=O) groups excluding carboxylic acids is 3. The van der Waals surface area contributed by atoms with Crippen LogP contribution < -0.4 is 10.6 Å². The highest BCUT2D eigenvalue weighted by atomic mass is 35.5. The van der Waals surface area contributed by atoms with Crippen molar-refractivity contribution in [2.24, 2.45) is 0 Å². The maximum Gasteiger partial charge on any atom is 0.333 e. The van der Waals surface area contributed by atoms with Crippen molar-refractivity contribution in [2.75, 3.05) is 20.3 Å². The minimum Gasteiger partial charge on any atom is -0.481 e. The zero-order chi connectivity index (χ0) is 24.7. The molecule has 0 bridgehead atoms. The molecule has 4 amide bonds. The van der Waals surface area contributed by atoms with E-state index in [9.17, 15) is 24.3 Å². The van der Waals surface area contributed by atoms with Gasteiger partial charge in [0.15, 0.2) is 0 Å². The summed E-state index contributed by atoms with van der Waals surface area (Å²) in [6.07, 6.45) is -0.601. The Morgan fingerprint density at radius 3 is 2.38 bits per heavy atom. The number of hydrogen-bond donors (Lipinski definition) is 3. The summed E-state index contributed by atoms with van der Waals surface area (Å²) in [5.74, 6) is -2.33. The van der Waals surface area contributed by atoms with Crippen LogP contribution in [-0.2, 0) is 27.5 Å². The van der Waals surface area contributed by atoms with Crippen molar-refractivity contribution in [3.63, 3.8) is 0 Å². The highest BCUT2D eigenvalue weighted by Gasteiger charge is 2.39. The summed E-state index contributed by atoms with van der Waals surface area (Å²) in [6, 6.07) is 14.4. The standard InChI is InChI=1S/C23H26ClN5O5/c1-27-14-20(30)28(15-29(27)23(34)26-12-16-6-3-2-4-7-16)19(11-21(31)32)22(33)25-13-17-8-5-9-18(24)10-17/h2-10,19H,11-15H2,1H3,(H,25,33)(H,26,34)(H,31,32)/t19-/m0/s1. The van der Waals surface area contributed by atoms with E-state index in [4.69, 9.17) is 11.6 Å². The third-order valence-electron chi connectivity index (χ3n) is 5.31. The van der Waals surface area contributed by atoms with E-state index in [1.165, 1.54) is 10.0 Å². The molecule has 3 N–H and O–H groups in total. The van der Waals surface area contributed by atoms with Gasteiger partial charge in [-0.2, -0.15) is 0 Å². The highest BCUT2D eigenvalue weighted by Crippen LogP contribution is 2.16. The van der Waals surface area contributed by atoms with Gasteiger partial charge in [-0.3, -0.25) is 14.4 Å². The van der Waals surface area contributed by atoms with Crippen LogP contribution in [-0.4, -0.2) is 70.1 Å². The van der Waals surface area contributed by atoms with Crippen molar-refractivity contribution in [1.82, 2.24) is 25.6 Å². The van der Waals surface area contributed by atoms with Crippen molar-refractivity contribution in [2.45, 2.75) is 25.6 Å². The maximum absolute atomic E-state index is 12.9. The number of likely N-dealkylation sites (N-methyl/N-ethyl adjacent to an activating group) is 1. The summed E-state index contributed by atoms with van der Waals surface area (Å²) < 4.78 is 0. The molecule has 3 rings (SSSR count). The molecule has 1 aliphatic rings. The summed E-state index contributed by atoms with van der Waals surface area (Å²) in [7, 11) is 1.57. The van der Waals surface area contributed by atoms with Crippen molar-refractivity contribution in [3.8, 4) is 0 Å². The number of benzene rings is 2. The third-order valence-corrected chi connectivity index (χ3v) is 5.54. The SMILES string of the molecule is CN1CC(=O)N([C@@H](CC(=O)O)C(=O)NCc2cccc(Cl)c2)CN1C(=O)NCc1ccccc1. The fourth-order valence-electron chi connectivity index (χ4n) is 3.52. The maximum atomic E-state index is 12.9. The molecule has 2 aromatic rings. The topological polar surface area (TPSA) is 122 Å². The third kappa shape index (κ3) is 6.69. The number of halogens is 1. The van der Waals surface area contributed by atoms with Crippen molar-refractivity contribution in [1.29, 1.82) is 0 Å². The molecular formula is C23H26ClN5O5. The molecular weight excluding hydrogens is 462 g/mol. The Bertz CT molecular complexity index is 1050. The Hall–Kier alpha value is -3.63. The van der Waals surface area contributed by atoms with Crippen LogP contribution in [0.2, 0.25) is 5.02 Å². The molecule has 11 heteroatoms. The molecule has 1 saturated heterocycles. The Labute approximate surface area is 202 Å². The van der Waals surface area contributed by atoms with Crippen LogP contribution in [0.25, 0.3) is 0 Å². The average molecular weight is 488 g/mol. The van der Waals surface area contributed by atoms with E-state index in [0.717, 1.165) is 16.0 Å². The number of amides is 4. The van der Waals surface area contributed by atoms with Crippen LogP contribution in [0.1, 0.15) is 17.5 Å². The zero-order valence-corrected chi connectivity index (χ0v) is 19.4. The second-order valence-electron chi connectivity index (χ2n) is 7.83. The van der Waals surface area contributed by atoms with Gasteiger partial charge in [-0.15, -0.1) is 0 Å². The van der Waals surface area contributed by atoms with E-state index in [1.54, 1.807) is 31.3 Å². The van der Waals surface area contributed by atoms with Crippen LogP contribution in [0, 0.1) is 0 Å². The molecule has 180 valence electrons. The zero-order valence-electron chi connectivity index (χ0n) is 18.6. The van der Waals surface area contributed by atoms with Crippen molar-refractivity contribution >= 4 is 35.4 Å². The lowest BCUT2D eigenvalue weighted by molar-refractivity contribution is -0.160. The van der Waals surface area contributed by atoms with Crippen molar-refractivity contribution < 1.29 is 24.3 Å². The Morgan fingerprint density at radius 1 is 1.03 bits per heavy atom. The fraction of sp³-hybridized carbons (Fsp3) is 0.304. The van der Waals surface area contributed by atoms with E-state index in [0.29, 0.717) is 5.02 Å². The van der Waals surface area contributed by atoms with Crippen LogP contribution in [0.3, 0.4) is 0 Å². The first-order valence-corrected chi connectivity index (χ1v) is 11.0. The van der Waals surface area contributed by atoms with Gasteiger partial charge >= 0.3 is 12.0 Å². The minimum absolute atomic E-state index is 0.110. The quantitative estimate of drug-likeness (QED) is 0.520. The molecule has 10 nitrogen and oxygen atoms in total. The molecule has 1 atom stereocenters. The first-order valence-electron chi connectivity index (χ1n) is 10.6. The van der Waals surface area contributed by atoms with Crippen LogP contribution >= 0.6 is 11.6 Å². The van der Waals surface area contributed by atoms with Gasteiger partial charge in [0, 0.05) is 25.2 Å². The summed E-state index contributed by atoms with van der Waals surface area (Å²) in [4.78, 5) is 51.0. The minimum atomic E-state index is -1.29. The molecule has 2 aromatic carbocycles. The molecule has 0 radical (unpaired) electrons. The first-order chi connectivity index (χ1) is 16.2. The Kier molecular flexibility index (Phi) is 8.44. The lowest BCUT2D eigenvalue weighted by Gasteiger charge is -2.43. The summed E-state index contributed by atoms with van der Waals surface area (Å²) in [5, 5.41) is 18.0. The summed E-state index contributed by atoms with van der Waals surface area (Å²) in [6.45, 7) is -0.0652. The highest BCUT2D eigenvalue weighted by molar-refractivity contribution is 6.30. The number of carbonyl (C=O) groups is 4. The smallest absolute Gasteiger partial charge is 0.333 e. The second-order valence-corrected chi connectivity index (χ2v) is 8.26. The van der Waals surface area contributed by atoms with Crippen molar-refractivity contribution in [3.05, 3.63) is 70.7 Å². The molecule has 0 saturated carbocycles. The van der Waals surface area contributed by atoms with Gasteiger partial charge in [-0.25, -0.2) is 14.8 Å². The van der Waals surface area contributed by atoms with E-state index in [1.807, 2.05) is 30.3 Å². The van der Waals surface area contributed by atoms with Gasteiger partial charge in [-0.1, -0.05) is 54.1 Å². The first kappa shape index (κ1) is 25.0. The predicted molar refractivity (Wildman–Crippen MR) is 124 cm³/mol. The predicted octanol–water partition coefficient (Wildman–Crippen LogP) is 1.66. The molecule has 0 aromatic heterocycles. The number of hydrogen-bond acceptors (Lipinski definition) is 5. The van der Waals surface area contributed by atoms with Gasteiger partial charge < -0.3 is 20.6 Å². The number of urea groups is 1. The largest absolute Gasteiger partial charge is 0.481 e. The molecule has 0 aliphatic carbocycles. The number of hydrazine groups is 1. The van der Waals surface area contributed by atoms with E-state index in [-0.39, 0.29) is 26.3 Å². The van der Waals surface area contributed by atoms with E-state index >= 15 is 0 Å². The van der Waals surface area contributed by atoms with E-state index < -0.39 is 36.3 Å². The fourth-order valence-corrected chi connectivity index (χ4v) is 3.74. The van der Waals surface area contributed by atoms with Gasteiger partial charge in [0.05, 0.1) is 13.0 Å². The Balaban J connectivity index is 1.69. The molecule has 1 fully saturated rings. The molecule has 34 heavy (non-hydrogen) atoms. The number of nitrogens with zero attached hydrogens (tertiary/aromatic N) is 3. The number of carboxylic acids is 1. The monoisotopic (exact) mass is 487 g/mol. The molecule has 1 aliphatic heterocycles. The van der Waals surface area contributed by atoms with Gasteiger partial charge in [-0.05, 0) is 23.3 Å². The molecule has 0 spiro atoms. The van der Waals surface area contributed by atoms with Crippen LogP contribution in [0.15, 0.2) is 54.6 Å². The Morgan fingerprint density at radius 2 is 1.71 bits per heavy atom. The summed E-state index contributed by atoms with van der Waals surface area (Å²) >= 11 is 5.97. The number of nitrogens with one attached hydrogen (secondary N) is 2. The lowest BCUT2D eigenvalue weighted by Crippen LogP contribution is -2.65. The van der Waals surface area contributed by atoms with Gasteiger partial charge in [0.1, 0.15) is 12.7 Å². The lowest BCUT2D eigenvalue weighted by atomic mass is 10.1. The number of carboxylic acid groups (broad SMARTS) is 1. The molecule has 0 unspecified atom stereocenters. The van der Waals surface area contributed by atoms with Gasteiger partial charge in [0.2, 0.25) is 11.8 Å². The van der Waals surface area contributed by atoms with E-state index in [2.05, 4.69) is 10.6 Å². The second kappa shape index (κ2) is 11.5. The number of rotatable bonds is 8. The van der Waals surface area contributed by atoms with Crippen LogP contribution in [0.4, 0.5) is 4.79 Å². The normalized spacial score (nSPS) is 15.1. The molecule has 1 heterocycles.